The Morgan fingerprint density at radius 3 is 1.53 bits per heavy atom. The van der Waals surface area contributed by atoms with Crippen LogP contribution < -0.4 is 56.8 Å². The van der Waals surface area contributed by atoms with Crippen molar-refractivity contribution < 1.29 is 64.3 Å². The van der Waals surface area contributed by atoms with E-state index in [1.54, 1.807) is 26.0 Å². The first kappa shape index (κ1) is 17.7. The van der Waals surface area contributed by atoms with E-state index in [-0.39, 0.29) is 56.8 Å². The van der Waals surface area contributed by atoms with Crippen molar-refractivity contribution in [1.29, 1.82) is 0 Å². The van der Waals surface area contributed by atoms with Gasteiger partial charge in [0.2, 0.25) is 0 Å². The number of aryl methyl sites for hydroxylation is 3. The molecule has 0 atom stereocenters. The predicted octanol–water partition coefficient (Wildman–Crippen LogP) is 0.432. The van der Waals surface area contributed by atoms with Gasteiger partial charge in [0, 0.05) is 0 Å². The minimum Gasteiger partial charge on any atom is -0.445 e. The summed E-state index contributed by atoms with van der Waals surface area (Å²) >= 11 is 0. The third kappa shape index (κ3) is 4.39. The summed E-state index contributed by atoms with van der Waals surface area (Å²) in [5.41, 5.74) is 1.53. The van der Waals surface area contributed by atoms with E-state index in [1.165, 1.54) is 0 Å². The average Bonchev–Trinajstić information content (AvgIpc) is 2.25. The minimum atomic E-state index is -4.89. The van der Waals surface area contributed by atoms with Crippen LogP contribution in [0, 0.1) is 0 Å². The Hall–Kier alpha value is 0.711. The van der Waals surface area contributed by atoms with Gasteiger partial charge in [0.05, 0.1) is 0 Å². The quantitative estimate of drug-likeness (QED) is 0.695. The van der Waals surface area contributed by atoms with Crippen molar-refractivity contribution in [3.8, 4) is 0 Å². The molecule has 0 saturated heterocycles. The van der Waals surface area contributed by atoms with Crippen LogP contribution in [0.5, 0.6) is 0 Å². The van der Waals surface area contributed by atoms with Crippen LogP contribution in [0.1, 0.15) is 37.5 Å². The Morgan fingerprint density at radius 2 is 1.29 bits per heavy atom. The van der Waals surface area contributed by atoms with Crippen LogP contribution in [0.2, 0.25) is 0 Å². The summed E-state index contributed by atoms with van der Waals surface area (Å²) < 4.78 is 38.9. The molecule has 0 fully saturated rings. The number of hydrogen-bond acceptors (Lipinski definition) is 0. The first-order valence-electron chi connectivity index (χ1n) is 5.78. The largest absolute Gasteiger partial charge is 1.00 e. The molecule has 5 heteroatoms. The van der Waals surface area contributed by atoms with Gasteiger partial charge in [-0.25, -0.2) is 0 Å². The fourth-order valence-corrected chi connectivity index (χ4v) is 2.06. The molecule has 0 aliphatic heterocycles. The monoisotopic (exact) mass is 268 g/mol. The maximum absolute atomic E-state index is 13.0. The third-order valence-electron chi connectivity index (χ3n) is 2.91. The zero-order chi connectivity index (χ0) is 12.3. The molecule has 0 unspecified atom stereocenters. The van der Waals surface area contributed by atoms with E-state index in [9.17, 15) is 12.9 Å². The Balaban J connectivity index is 0.00000256. The second-order valence-electron chi connectivity index (χ2n) is 3.96. The number of rotatable bonds is 4. The molecule has 1 aromatic carbocycles. The smallest absolute Gasteiger partial charge is 0.445 e. The van der Waals surface area contributed by atoms with Crippen molar-refractivity contribution in [2.24, 2.45) is 0 Å². The molecule has 0 aliphatic carbocycles. The summed E-state index contributed by atoms with van der Waals surface area (Å²) in [6, 6.07) is 3.40. The first-order valence-corrected chi connectivity index (χ1v) is 5.78. The van der Waals surface area contributed by atoms with Gasteiger partial charge < -0.3 is 12.9 Å². The van der Waals surface area contributed by atoms with Crippen molar-refractivity contribution in [2.75, 3.05) is 0 Å². The molecular formula is C12H17BF3K. The molecule has 0 radical (unpaired) electrons. The van der Waals surface area contributed by atoms with Crippen LogP contribution in [0.15, 0.2) is 12.1 Å². The zero-order valence-corrected chi connectivity index (χ0v) is 14.1. The van der Waals surface area contributed by atoms with Crippen molar-refractivity contribution in [2.45, 2.75) is 40.0 Å². The summed E-state index contributed by atoms with van der Waals surface area (Å²) in [6.45, 7) is 0.626. The van der Waals surface area contributed by atoms with Gasteiger partial charge in [-0.05, 0) is 24.8 Å². The van der Waals surface area contributed by atoms with Gasteiger partial charge in [-0.3, -0.25) is 0 Å². The zero-order valence-electron chi connectivity index (χ0n) is 11.0. The van der Waals surface area contributed by atoms with Crippen LogP contribution in [-0.2, 0) is 19.3 Å². The van der Waals surface area contributed by atoms with E-state index in [0.29, 0.717) is 24.0 Å². The molecule has 0 N–H and O–H groups in total. The number of hydrogen-bond donors (Lipinski definition) is 0. The normalized spacial score (nSPS) is 11.2. The molecule has 0 aliphatic rings. The van der Waals surface area contributed by atoms with Crippen LogP contribution >= 0.6 is 0 Å². The second-order valence-corrected chi connectivity index (χ2v) is 3.96. The summed E-state index contributed by atoms with van der Waals surface area (Å²) in [6.07, 6.45) is 1.67. The summed E-state index contributed by atoms with van der Waals surface area (Å²) in [5, 5.41) is 0. The van der Waals surface area contributed by atoms with Crippen LogP contribution in [0.25, 0.3) is 0 Å². The third-order valence-corrected chi connectivity index (χ3v) is 2.91. The molecule has 0 spiro atoms. The van der Waals surface area contributed by atoms with Crippen molar-refractivity contribution in [3.05, 3.63) is 28.8 Å². The van der Waals surface area contributed by atoms with Crippen LogP contribution in [0.4, 0.5) is 12.9 Å². The molecule has 1 rings (SSSR count). The van der Waals surface area contributed by atoms with E-state index in [4.69, 9.17) is 0 Å². The molecule has 1 aromatic rings. The molecule has 0 saturated carbocycles. The van der Waals surface area contributed by atoms with Crippen LogP contribution in [-0.4, -0.2) is 6.98 Å². The van der Waals surface area contributed by atoms with Gasteiger partial charge in [-0.2, -0.15) is 0 Å². The Kier molecular flexibility index (Phi) is 7.64. The molecule has 0 nitrogen and oxygen atoms in total. The van der Waals surface area contributed by atoms with Gasteiger partial charge in [0.1, 0.15) is 0 Å². The van der Waals surface area contributed by atoms with Gasteiger partial charge in [0.25, 0.3) is 0 Å². The summed E-state index contributed by atoms with van der Waals surface area (Å²) in [7, 11) is 0. The maximum atomic E-state index is 13.0. The number of halogens is 3. The molecule has 0 aromatic heterocycles. The van der Waals surface area contributed by atoms with Crippen molar-refractivity contribution in [3.63, 3.8) is 0 Å². The Morgan fingerprint density at radius 1 is 0.882 bits per heavy atom. The maximum Gasteiger partial charge on any atom is 1.00 e. The van der Waals surface area contributed by atoms with E-state index in [0.717, 1.165) is 12.0 Å². The van der Waals surface area contributed by atoms with E-state index in [2.05, 4.69) is 0 Å². The fourth-order valence-electron chi connectivity index (χ4n) is 2.06. The first-order chi connectivity index (χ1) is 7.43. The molecule has 0 heterocycles. The number of benzene rings is 1. The van der Waals surface area contributed by atoms with Crippen LogP contribution in [0.3, 0.4) is 0 Å². The van der Waals surface area contributed by atoms with Crippen molar-refractivity contribution in [1.82, 2.24) is 0 Å². The predicted molar refractivity (Wildman–Crippen MR) is 63.3 cm³/mol. The van der Waals surface area contributed by atoms with Crippen molar-refractivity contribution >= 4 is 12.4 Å². The molecule has 17 heavy (non-hydrogen) atoms. The topological polar surface area (TPSA) is 0 Å². The second kappa shape index (κ2) is 7.34. The van der Waals surface area contributed by atoms with Gasteiger partial charge >= 0.3 is 58.4 Å². The Labute approximate surface area is 144 Å². The molecule has 0 amide bonds. The minimum absolute atomic E-state index is 0. The van der Waals surface area contributed by atoms with E-state index < -0.39 is 6.98 Å². The Bertz CT molecular complexity index is 349. The van der Waals surface area contributed by atoms with E-state index in [1.807, 2.05) is 6.92 Å². The summed E-state index contributed by atoms with van der Waals surface area (Å²) in [4.78, 5) is 0. The average molecular weight is 268 g/mol. The standard InChI is InChI=1S/C12H17BF3.K/c1-4-9-7-10(5-2)12(13(14,15)16)11(6-3)8-9;/h7-8H,4-6H2,1-3H3;/q-1;+1. The van der Waals surface area contributed by atoms with E-state index >= 15 is 0 Å². The van der Waals surface area contributed by atoms with Gasteiger partial charge in [0.15, 0.2) is 0 Å². The van der Waals surface area contributed by atoms with Gasteiger partial charge in [-0.1, -0.05) is 44.0 Å². The summed E-state index contributed by atoms with van der Waals surface area (Å²) in [5.74, 6) is 0. The fraction of sp³-hybridized carbons (Fsp3) is 0.500. The SMILES string of the molecule is CCc1cc(CC)c([B-](F)(F)F)c(CC)c1.[K+]. The molecular weight excluding hydrogens is 251 g/mol. The molecule has 90 valence electrons. The van der Waals surface area contributed by atoms with Gasteiger partial charge in [-0.15, -0.1) is 5.46 Å². The molecule has 0 bridgehead atoms.